The van der Waals surface area contributed by atoms with Gasteiger partial charge in [0.05, 0.1) is 0 Å². The van der Waals surface area contributed by atoms with Crippen LogP contribution in [0.1, 0.15) is 82.5 Å². The van der Waals surface area contributed by atoms with Gasteiger partial charge in [-0.05, 0) is 56.5 Å². The van der Waals surface area contributed by atoms with Crippen LogP contribution in [0, 0.1) is 0 Å². The summed E-state index contributed by atoms with van der Waals surface area (Å²) in [6.07, 6.45) is 3.88. The van der Waals surface area contributed by atoms with Crippen molar-refractivity contribution in [1.82, 2.24) is 15.5 Å². The Morgan fingerprint density at radius 3 is 2.11 bits per heavy atom. The van der Waals surface area contributed by atoms with Gasteiger partial charge in [-0.3, -0.25) is 9.59 Å². The molecule has 0 fully saturated rings. The molecule has 0 saturated heterocycles. The van der Waals surface area contributed by atoms with Gasteiger partial charge in [0, 0.05) is 25.1 Å². The summed E-state index contributed by atoms with van der Waals surface area (Å²) in [5.41, 5.74) is 1.06. The number of nitrogens with one attached hydrogen (secondary N) is 2. The van der Waals surface area contributed by atoms with Crippen molar-refractivity contribution in [3.8, 4) is 11.5 Å². The summed E-state index contributed by atoms with van der Waals surface area (Å²) in [5.74, 6) is -0.989. The van der Waals surface area contributed by atoms with Gasteiger partial charge in [-0.2, -0.15) is 0 Å². The maximum atomic E-state index is 14.6. The number of nitrogens with zero attached hydrogens (tertiary/aromatic N) is 1. The molecule has 242 valence electrons. The first kappa shape index (κ1) is 35.0. The minimum absolute atomic E-state index is 0.0742. The van der Waals surface area contributed by atoms with Gasteiger partial charge in [-0.15, -0.1) is 0 Å². The summed E-state index contributed by atoms with van der Waals surface area (Å²) in [5, 5.41) is 26.4. The molecule has 2 unspecified atom stereocenters. The van der Waals surface area contributed by atoms with Crippen molar-refractivity contribution in [2.75, 3.05) is 6.54 Å². The third kappa shape index (κ3) is 11.5. The maximum absolute atomic E-state index is 14.6. The Hall–Kier alpha value is -4.53. The van der Waals surface area contributed by atoms with Crippen molar-refractivity contribution in [3.05, 3.63) is 95.6 Å². The van der Waals surface area contributed by atoms with Crippen molar-refractivity contribution in [2.45, 2.75) is 90.4 Å². The smallest absolute Gasteiger partial charge is 0.408 e. The molecule has 0 heterocycles. The molecule has 0 aliphatic carbocycles. The van der Waals surface area contributed by atoms with Crippen molar-refractivity contribution >= 4 is 17.9 Å². The number of phenolic OH excluding ortho intramolecular Hbond substituents is 2. The Bertz CT molecular complexity index is 1370. The summed E-state index contributed by atoms with van der Waals surface area (Å²) >= 11 is 0. The minimum Gasteiger partial charge on any atom is -0.508 e. The van der Waals surface area contributed by atoms with Crippen LogP contribution in [0.25, 0.3) is 0 Å². The fraction of sp³-hybridized carbons (Fsp3) is 0.417. The molecule has 0 saturated carbocycles. The van der Waals surface area contributed by atoms with Crippen molar-refractivity contribution in [2.24, 2.45) is 0 Å². The summed E-state index contributed by atoms with van der Waals surface area (Å²) in [7, 11) is 0. The van der Waals surface area contributed by atoms with E-state index in [-0.39, 0.29) is 36.6 Å². The zero-order chi connectivity index (χ0) is 32.8. The van der Waals surface area contributed by atoms with Crippen LogP contribution >= 0.6 is 0 Å². The summed E-state index contributed by atoms with van der Waals surface area (Å²) in [4.78, 5) is 43.1. The van der Waals surface area contributed by atoms with E-state index in [4.69, 9.17) is 4.74 Å². The molecular weight excluding hydrogens is 570 g/mol. The number of amides is 3. The minimum atomic E-state index is -1.17. The number of ether oxygens (including phenoxy) is 1. The Morgan fingerprint density at radius 1 is 0.822 bits per heavy atom. The molecule has 2 atom stereocenters. The van der Waals surface area contributed by atoms with E-state index in [9.17, 15) is 24.6 Å². The first-order valence-corrected chi connectivity index (χ1v) is 15.7. The second kappa shape index (κ2) is 17.1. The van der Waals surface area contributed by atoms with E-state index in [1.54, 1.807) is 51.1 Å². The van der Waals surface area contributed by atoms with Gasteiger partial charge in [0.1, 0.15) is 29.2 Å². The van der Waals surface area contributed by atoms with Gasteiger partial charge < -0.3 is 30.5 Å². The topological polar surface area (TPSA) is 128 Å². The van der Waals surface area contributed by atoms with Crippen LogP contribution in [-0.4, -0.2) is 51.2 Å². The Morgan fingerprint density at radius 2 is 1.47 bits per heavy atom. The van der Waals surface area contributed by atoms with E-state index in [0.29, 0.717) is 12.0 Å². The third-order valence-electron chi connectivity index (χ3n) is 7.25. The van der Waals surface area contributed by atoms with E-state index >= 15 is 0 Å². The molecule has 3 aromatic carbocycles. The lowest BCUT2D eigenvalue weighted by molar-refractivity contribution is -0.142. The number of rotatable bonds is 15. The van der Waals surface area contributed by atoms with Gasteiger partial charge in [0.15, 0.2) is 0 Å². The first-order chi connectivity index (χ1) is 21.5. The number of aromatic hydroxyl groups is 2. The van der Waals surface area contributed by atoms with E-state index in [2.05, 4.69) is 17.6 Å². The largest absolute Gasteiger partial charge is 0.508 e. The average molecular weight is 618 g/mol. The number of carbonyl (C=O) groups excluding carboxylic acids is 3. The van der Waals surface area contributed by atoms with Crippen molar-refractivity contribution < 1.29 is 29.3 Å². The second-order valence-electron chi connectivity index (χ2n) is 12.2. The number of carbonyl (C=O) groups is 3. The molecule has 0 spiro atoms. The molecule has 45 heavy (non-hydrogen) atoms. The fourth-order valence-corrected chi connectivity index (χ4v) is 5.02. The highest BCUT2D eigenvalue weighted by molar-refractivity contribution is 5.92. The lowest BCUT2D eigenvalue weighted by Gasteiger charge is -2.35. The standard InChI is InChI=1S/C36H47N3O6/c1-5-6-7-8-14-23-39(32(29-17-12-13-18-31(29)41)33(42)37-25-27-15-10-9-11-16-27)34(43)30(38-35(44)45-36(2,3)4)24-26-19-21-28(40)22-20-26/h9-13,15-22,30,32,40-41H,5-8,14,23-25H2,1-4H3,(H,37,42)(H,38,44). The Kier molecular flexibility index (Phi) is 13.3. The van der Waals surface area contributed by atoms with Crippen molar-refractivity contribution in [3.63, 3.8) is 0 Å². The predicted molar refractivity (Wildman–Crippen MR) is 175 cm³/mol. The van der Waals surface area contributed by atoms with E-state index in [0.717, 1.165) is 31.2 Å². The molecule has 0 aliphatic heterocycles. The molecule has 0 radical (unpaired) electrons. The van der Waals surface area contributed by atoms with Crippen LogP contribution in [0.5, 0.6) is 11.5 Å². The zero-order valence-corrected chi connectivity index (χ0v) is 26.8. The van der Waals surface area contributed by atoms with Crippen molar-refractivity contribution in [1.29, 1.82) is 0 Å². The average Bonchev–Trinajstić information content (AvgIpc) is 3.00. The molecule has 3 rings (SSSR count). The molecule has 0 aliphatic rings. The molecule has 9 nitrogen and oxygen atoms in total. The molecule has 4 N–H and O–H groups in total. The predicted octanol–water partition coefficient (Wildman–Crippen LogP) is 6.39. The highest BCUT2D eigenvalue weighted by atomic mass is 16.6. The summed E-state index contributed by atoms with van der Waals surface area (Å²) < 4.78 is 5.50. The quantitative estimate of drug-likeness (QED) is 0.146. The second-order valence-corrected chi connectivity index (χ2v) is 12.2. The summed E-state index contributed by atoms with van der Waals surface area (Å²) in [6.45, 7) is 7.78. The number of benzene rings is 3. The maximum Gasteiger partial charge on any atom is 0.408 e. The number of para-hydroxylation sites is 1. The monoisotopic (exact) mass is 617 g/mol. The normalized spacial score (nSPS) is 12.5. The summed E-state index contributed by atoms with van der Waals surface area (Å²) in [6, 6.07) is 20.0. The van der Waals surface area contributed by atoms with Gasteiger partial charge in [-0.1, -0.05) is 93.3 Å². The van der Waals surface area contributed by atoms with E-state index in [1.807, 2.05) is 30.3 Å². The zero-order valence-electron chi connectivity index (χ0n) is 26.8. The molecule has 9 heteroatoms. The van der Waals surface area contributed by atoms with Gasteiger partial charge >= 0.3 is 6.09 Å². The first-order valence-electron chi connectivity index (χ1n) is 15.7. The van der Waals surface area contributed by atoms with E-state index in [1.165, 1.54) is 23.1 Å². The molecule has 3 amide bonds. The van der Waals surface area contributed by atoms with Crippen LogP contribution in [-0.2, 0) is 27.3 Å². The fourth-order valence-electron chi connectivity index (χ4n) is 5.02. The number of hydrogen-bond donors (Lipinski definition) is 4. The molecule has 0 aromatic heterocycles. The van der Waals surface area contributed by atoms with Crippen LogP contribution in [0.4, 0.5) is 4.79 Å². The van der Waals surface area contributed by atoms with Crippen LogP contribution in [0.3, 0.4) is 0 Å². The molecular formula is C36H47N3O6. The number of hydrogen-bond acceptors (Lipinski definition) is 6. The molecule has 3 aromatic rings. The number of unbranched alkanes of at least 4 members (excludes halogenated alkanes) is 4. The Labute approximate surface area is 266 Å². The van der Waals surface area contributed by atoms with Crippen LogP contribution in [0.15, 0.2) is 78.9 Å². The van der Waals surface area contributed by atoms with Crippen LogP contribution in [0.2, 0.25) is 0 Å². The lowest BCUT2D eigenvalue weighted by Crippen LogP contribution is -2.54. The van der Waals surface area contributed by atoms with Gasteiger partial charge in [0.25, 0.3) is 0 Å². The Balaban J connectivity index is 2.03. The van der Waals surface area contributed by atoms with Gasteiger partial charge in [-0.25, -0.2) is 4.79 Å². The number of alkyl carbamates (subject to hydrolysis) is 1. The highest BCUT2D eigenvalue weighted by Gasteiger charge is 2.37. The lowest BCUT2D eigenvalue weighted by atomic mass is 9.98. The van der Waals surface area contributed by atoms with E-state index < -0.39 is 35.6 Å². The number of phenols is 2. The third-order valence-corrected chi connectivity index (χ3v) is 7.25. The highest BCUT2D eigenvalue weighted by Crippen LogP contribution is 2.31. The molecule has 0 bridgehead atoms. The van der Waals surface area contributed by atoms with Crippen LogP contribution < -0.4 is 10.6 Å². The van der Waals surface area contributed by atoms with Gasteiger partial charge in [0.2, 0.25) is 11.8 Å². The SMILES string of the molecule is CCCCCCCN(C(=O)C(Cc1ccc(O)cc1)NC(=O)OC(C)(C)C)C(C(=O)NCc1ccccc1)c1ccccc1O.